The number of hydrogen-bond donors (Lipinski definition) is 1. The summed E-state index contributed by atoms with van der Waals surface area (Å²) in [5, 5.41) is 11.9. The number of nitrogens with one attached hydrogen (secondary N) is 1. The fourth-order valence-corrected chi connectivity index (χ4v) is 1.95. The Morgan fingerprint density at radius 1 is 1.57 bits per heavy atom. The number of unbranched alkanes of at least 4 members (excludes halogenated alkanes) is 1. The molecule has 2 unspecified atom stereocenters. The molecular weight excluding hydrogens is 174 g/mol. The minimum atomic E-state index is 0.667. The van der Waals surface area contributed by atoms with Crippen LogP contribution in [0.2, 0.25) is 0 Å². The lowest BCUT2D eigenvalue weighted by atomic mass is 9.99. The van der Waals surface area contributed by atoms with Crippen molar-refractivity contribution in [1.82, 2.24) is 10.2 Å². The maximum absolute atomic E-state index is 8.40. The number of rotatable bonds is 4. The summed E-state index contributed by atoms with van der Waals surface area (Å²) >= 11 is 0. The van der Waals surface area contributed by atoms with E-state index in [-0.39, 0.29) is 0 Å². The summed E-state index contributed by atoms with van der Waals surface area (Å²) in [5.74, 6) is 0. The smallest absolute Gasteiger partial charge is 0.0622 e. The Hall–Kier alpha value is -0.590. The van der Waals surface area contributed by atoms with Crippen LogP contribution in [0, 0.1) is 11.3 Å². The van der Waals surface area contributed by atoms with E-state index >= 15 is 0 Å². The Labute approximate surface area is 87.1 Å². The number of piperidine rings is 1. The van der Waals surface area contributed by atoms with E-state index in [2.05, 4.69) is 30.3 Å². The second-order valence-corrected chi connectivity index (χ2v) is 4.27. The van der Waals surface area contributed by atoms with Crippen molar-refractivity contribution in [1.29, 1.82) is 5.26 Å². The molecule has 3 nitrogen and oxygen atoms in total. The molecule has 1 fully saturated rings. The molecule has 1 aliphatic rings. The summed E-state index contributed by atoms with van der Waals surface area (Å²) < 4.78 is 0. The van der Waals surface area contributed by atoms with Gasteiger partial charge in [-0.15, -0.1) is 0 Å². The van der Waals surface area contributed by atoms with Gasteiger partial charge in [-0.2, -0.15) is 5.26 Å². The first-order valence-electron chi connectivity index (χ1n) is 5.54. The number of hydrogen-bond acceptors (Lipinski definition) is 3. The van der Waals surface area contributed by atoms with Crippen molar-refractivity contribution in [3.63, 3.8) is 0 Å². The van der Waals surface area contributed by atoms with Gasteiger partial charge in [0.05, 0.1) is 6.07 Å². The molecule has 0 aromatic carbocycles. The molecule has 0 aliphatic carbocycles. The molecular formula is C11H21N3. The highest BCUT2D eigenvalue weighted by Gasteiger charge is 2.21. The molecule has 3 heteroatoms. The third-order valence-corrected chi connectivity index (χ3v) is 3.11. The Morgan fingerprint density at radius 2 is 2.36 bits per heavy atom. The van der Waals surface area contributed by atoms with Gasteiger partial charge in [0.25, 0.3) is 0 Å². The van der Waals surface area contributed by atoms with Crippen LogP contribution in [-0.2, 0) is 0 Å². The van der Waals surface area contributed by atoms with E-state index in [0.29, 0.717) is 18.5 Å². The summed E-state index contributed by atoms with van der Waals surface area (Å²) in [7, 11) is 2.19. The summed E-state index contributed by atoms with van der Waals surface area (Å²) in [4.78, 5) is 2.41. The lowest BCUT2D eigenvalue weighted by molar-refractivity contribution is 0.169. The zero-order valence-electron chi connectivity index (χ0n) is 9.29. The maximum atomic E-state index is 8.40. The molecule has 0 amide bonds. The Balaban J connectivity index is 2.11. The average molecular weight is 195 g/mol. The molecule has 14 heavy (non-hydrogen) atoms. The van der Waals surface area contributed by atoms with E-state index in [1.165, 1.54) is 19.4 Å². The van der Waals surface area contributed by atoms with Crippen LogP contribution in [0.1, 0.15) is 32.6 Å². The molecule has 0 aromatic rings. The first-order valence-corrected chi connectivity index (χ1v) is 5.54. The second-order valence-electron chi connectivity index (χ2n) is 4.27. The van der Waals surface area contributed by atoms with Crippen molar-refractivity contribution in [3.05, 3.63) is 0 Å². The van der Waals surface area contributed by atoms with E-state index in [1.54, 1.807) is 0 Å². The van der Waals surface area contributed by atoms with Crippen LogP contribution in [-0.4, -0.2) is 37.1 Å². The third-order valence-electron chi connectivity index (χ3n) is 3.11. The lowest BCUT2D eigenvalue weighted by Crippen LogP contribution is -2.45. The molecule has 1 N–H and O–H groups in total. The van der Waals surface area contributed by atoms with Crippen LogP contribution in [0.25, 0.3) is 0 Å². The van der Waals surface area contributed by atoms with Crippen LogP contribution in [0.15, 0.2) is 0 Å². The average Bonchev–Trinajstić information content (AvgIpc) is 2.18. The number of likely N-dealkylation sites (tertiary alicyclic amines) is 1. The first-order chi connectivity index (χ1) is 6.74. The van der Waals surface area contributed by atoms with Gasteiger partial charge in [0.15, 0.2) is 0 Å². The highest BCUT2D eigenvalue weighted by atomic mass is 15.1. The van der Waals surface area contributed by atoms with Crippen LogP contribution >= 0.6 is 0 Å². The van der Waals surface area contributed by atoms with Crippen molar-refractivity contribution in [2.24, 2.45) is 0 Å². The van der Waals surface area contributed by atoms with Gasteiger partial charge in [-0.25, -0.2) is 0 Å². The number of nitrogens with zero attached hydrogens (tertiary/aromatic N) is 2. The van der Waals surface area contributed by atoms with Gasteiger partial charge in [0, 0.05) is 18.5 Å². The monoisotopic (exact) mass is 195 g/mol. The fourth-order valence-electron chi connectivity index (χ4n) is 1.95. The Morgan fingerprint density at radius 3 is 3.00 bits per heavy atom. The molecule has 80 valence electrons. The van der Waals surface area contributed by atoms with Crippen LogP contribution in [0.4, 0.5) is 0 Å². The van der Waals surface area contributed by atoms with E-state index in [0.717, 1.165) is 13.0 Å². The predicted octanol–water partition coefficient (Wildman–Crippen LogP) is 1.36. The van der Waals surface area contributed by atoms with Crippen LogP contribution < -0.4 is 5.32 Å². The van der Waals surface area contributed by atoms with Gasteiger partial charge in [0.2, 0.25) is 0 Å². The Kier molecular flexibility index (Phi) is 4.92. The molecule has 1 heterocycles. The van der Waals surface area contributed by atoms with Crippen LogP contribution in [0.5, 0.6) is 0 Å². The van der Waals surface area contributed by atoms with E-state index < -0.39 is 0 Å². The summed E-state index contributed by atoms with van der Waals surface area (Å²) in [5.41, 5.74) is 0. The van der Waals surface area contributed by atoms with E-state index in [9.17, 15) is 0 Å². The SMILES string of the molecule is CC1CC(NCCCC#N)CCN1C. The summed E-state index contributed by atoms with van der Waals surface area (Å²) in [6, 6.07) is 3.53. The number of nitriles is 1. The molecule has 0 bridgehead atoms. The van der Waals surface area contributed by atoms with Gasteiger partial charge in [-0.1, -0.05) is 0 Å². The second kappa shape index (κ2) is 6.00. The topological polar surface area (TPSA) is 39.1 Å². The Bertz CT molecular complexity index is 197. The third kappa shape index (κ3) is 3.65. The first kappa shape index (κ1) is 11.5. The zero-order valence-corrected chi connectivity index (χ0v) is 9.29. The molecule has 1 aliphatic heterocycles. The lowest BCUT2D eigenvalue weighted by Gasteiger charge is -2.35. The van der Waals surface area contributed by atoms with Gasteiger partial charge >= 0.3 is 0 Å². The van der Waals surface area contributed by atoms with Crippen molar-refractivity contribution < 1.29 is 0 Å². The maximum Gasteiger partial charge on any atom is 0.0622 e. The van der Waals surface area contributed by atoms with E-state index in [4.69, 9.17) is 5.26 Å². The van der Waals surface area contributed by atoms with Gasteiger partial charge in [0.1, 0.15) is 0 Å². The summed E-state index contributed by atoms with van der Waals surface area (Å²) in [6.45, 7) is 4.47. The highest BCUT2D eigenvalue weighted by molar-refractivity contribution is 4.81. The normalized spacial score (nSPS) is 28.6. The molecule has 0 radical (unpaired) electrons. The largest absolute Gasteiger partial charge is 0.314 e. The van der Waals surface area contributed by atoms with Crippen molar-refractivity contribution >= 4 is 0 Å². The summed E-state index contributed by atoms with van der Waals surface area (Å²) in [6.07, 6.45) is 4.14. The van der Waals surface area contributed by atoms with Crippen LogP contribution in [0.3, 0.4) is 0 Å². The molecule has 2 atom stereocenters. The van der Waals surface area contributed by atoms with Gasteiger partial charge in [-0.3, -0.25) is 0 Å². The fraction of sp³-hybridized carbons (Fsp3) is 0.909. The van der Waals surface area contributed by atoms with Crippen molar-refractivity contribution in [2.45, 2.75) is 44.7 Å². The predicted molar refractivity (Wildman–Crippen MR) is 58.0 cm³/mol. The zero-order chi connectivity index (χ0) is 10.4. The molecule has 0 spiro atoms. The van der Waals surface area contributed by atoms with Gasteiger partial charge in [-0.05, 0) is 46.3 Å². The standard InChI is InChI=1S/C11H21N3/c1-10-9-11(5-8-14(10)2)13-7-4-3-6-12/h10-11,13H,3-5,7-9H2,1-2H3. The minimum absolute atomic E-state index is 0.667. The van der Waals surface area contributed by atoms with E-state index in [1.807, 2.05) is 0 Å². The molecule has 1 saturated heterocycles. The van der Waals surface area contributed by atoms with Gasteiger partial charge < -0.3 is 10.2 Å². The molecule has 1 rings (SSSR count). The highest BCUT2D eigenvalue weighted by Crippen LogP contribution is 2.14. The van der Waals surface area contributed by atoms with Crippen molar-refractivity contribution in [2.75, 3.05) is 20.1 Å². The molecule has 0 saturated carbocycles. The molecule has 0 aromatic heterocycles. The minimum Gasteiger partial charge on any atom is -0.314 e. The van der Waals surface area contributed by atoms with Crippen molar-refractivity contribution in [3.8, 4) is 6.07 Å². The quantitative estimate of drug-likeness (QED) is 0.688.